The van der Waals surface area contributed by atoms with Crippen LogP contribution in [0.25, 0.3) is 0 Å². The van der Waals surface area contributed by atoms with E-state index in [0.29, 0.717) is 12.3 Å². The van der Waals surface area contributed by atoms with E-state index in [1.54, 1.807) is 0 Å². The van der Waals surface area contributed by atoms with Gasteiger partial charge in [-0.2, -0.15) is 0 Å². The van der Waals surface area contributed by atoms with Gasteiger partial charge in [-0.25, -0.2) is 0 Å². The Morgan fingerprint density at radius 3 is 2.45 bits per heavy atom. The first-order chi connectivity index (χ1) is 9.51. The summed E-state index contributed by atoms with van der Waals surface area (Å²) in [5.74, 6) is 0.774. The van der Waals surface area contributed by atoms with E-state index in [1.165, 1.54) is 6.42 Å². The van der Waals surface area contributed by atoms with Gasteiger partial charge in [-0.3, -0.25) is 9.59 Å². The molecule has 2 rings (SSSR count). The Kier molecular flexibility index (Phi) is 4.71. The van der Waals surface area contributed by atoms with Gasteiger partial charge < -0.3 is 10.2 Å². The van der Waals surface area contributed by atoms with Gasteiger partial charge in [0.2, 0.25) is 11.8 Å². The predicted octanol–water partition coefficient (Wildman–Crippen LogP) is 2.47. The second kappa shape index (κ2) is 6.15. The van der Waals surface area contributed by atoms with Crippen molar-refractivity contribution in [1.29, 1.82) is 0 Å². The summed E-state index contributed by atoms with van der Waals surface area (Å²) >= 11 is 0. The Bertz CT molecular complexity index is 373. The molecule has 0 radical (unpaired) electrons. The lowest BCUT2D eigenvalue weighted by Gasteiger charge is -2.50. The number of hydrogen-bond acceptors (Lipinski definition) is 2. The third-order valence-corrected chi connectivity index (χ3v) is 4.83. The zero-order valence-corrected chi connectivity index (χ0v) is 13.1. The molecule has 1 saturated heterocycles. The summed E-state index contributed by atoms with van der Waals surface area (Å²) in [6.45, 7) is 7.02. The van der Waals surface area contributed by atoms with Crippen molar-refractivity contribution in [3.63, 3.8) is 0 Å². The molecule has 1 saturated carbocycles. The van der Waals surface area contributed by atoms with E-state index < -0.39 is 5.54 Å². The number of carbonyl (C=O) groups excluding carboxylic acids is 2. The highest BCUT2D eigenvalue weighted by Gasteiger charge is 2.51. The minimum Gasteiger partial charge on any atom is -0.342 e. The molecule has 20 heavy (non-hydrogen) atoms. The van der Waals surface area contributed by atoms with Gasteiger partial charge in [0.1, 0.15) is 11.6 Å². The van der Waals surface area contributed by atoms with Gasteiger partial charge in [-0.15, -0.1) is 0 Å². The monoisotopic (exact) mass is 280 g/mol. The highest BCUT2D eigenvalue weighted by molar-refractivity contribution is 5.99. The molecule has 1 N–H and O–H groups in total. The highest BCUT2D eigenvalue weighted by atomic mass is 16.2. The molecule has 0 aromatic carbocycles. The number of piperazine rings is 1. The topological polar surface area (TPSA) is 49.4 Å². The number of nitrogens with one attached hydrogen (secondary N) is 1. The van der Waals surface area contributed by atoms with Crippen molar-refractivity contribution in [2.45, 2.75) is 77.3 Å². The third-order valence-electron chi connectivity index (χ3n) is 4.83. The first-order valence-electron chi connectivity index (χ1n) is 8.13. The average Bonchev–Trinajstić information content (AvgIpc) is 2.43. The predicted molar refractivity (Wildman–Crippen MR) is 79.2 cm³/mol. The zero-order valence-electron chi connectivity index (χ0n) is 13.1. The van der Waals surface area contributed by atoms with Crippen molar-refractivity contribution in [3.8, 4) is 0 Å². The standard InChI is InChI=1S/C16H28N2O2/c1-4-13-14(19)18(11-8-12(2)3)16(15(20)17-13)9-6-5-7-10-16/h12-13H,4-11H2,1-3H3,(H,17,20). The Morgan fingerprint density at radius 1 is 1.25 bits per heavy atom. The van der Waals surface area contributed by atoms with Crippen LogP contribution in [0.4, 0.5) is 0 Å². The fourth-order valence-corrected chi connectivity index (χ4v) is 3.50. The lowest BCUT2D eigenvalue weighted by molar-refractivity contribution is -0.160. The second-order valence-electron chi connectivity index (χ2n) is 6.70. The first kappa shape index (κ1) is 15.3. The molecule has 4 heteroatoms. The Balaban J connectivity index is 2.25. The normalized spacial score (nSPS) is 26.2. The summed E-state index contributed by atoms with van der Waals surface area (Å²) in [6, 6.07) is -0.317. The summed E-state index contributed by atoms with van der Waals surface area (Å²) in [7, 11) is 0. The fourth-order valence-electron chi connectivity index (χ4n) is 3.50. The van der Waals surface area contributed by atoms with Gasteiger partial charge in [0.05, 0.1) is 0 Å². The summed E-state index contributed by atoms with van der Waals surface area (Å²) in [5, 5.41) is 2.96. The fraction of sp³-hybridized carbons (Fsp3) is 0.875. The molecule has 1 atom stereocenters. The van der Waals surface area contributed by atoms with Gasteiger partial charge in [0, 0.05) is 6.54 Å². The van der Waals surface area contributed by atoms with Crippen LogP contribution in [-0.2, 0) is 9.59 Å². The SMILES string of the molecule is CCC1NC(=O)C2(CCCCC2)N(CCC(C)C)C1=O. The smallest absolute Gasteiger partial charge is 0.246 e. The Hall–Kier alpha value is -1.06. The highest BCUT2D eigenvalue weighted by Crippen LogP contribution is 2.37. The van der Waals surface area contributed by atoms with E-state index in [4.69, 9.17) is 0 Å². The van der Waals surface area contributed by atoms with Gasteiger partial charge >= 0.3 is 0 Å². The minimum atomic E-state index is -0.546. The zero-order chi connectivity index (χ0) is 14.8. The molecule has 0 aromatic heterocycles. The lowest BCUT2D eigenvalue weighted by atomic mass is 9.77. The maximum atomic E-state index is 12.7. The van der Waals surface area contributed by atoms with Crippen molar-refractivity contribution in [2.75, 3.05) is 6.54 Å². The number of hydrogen-bond donors (Lipinski definition) is 1. The number of rotatable bonds is 4. The molecule has 2 amide bonds. The molecule has 1 heterocycles. The van der Waals surface area contributed by atoms with Crippen LogP contribution in [0.3, 0.4) is 0 Å². The van der Waals surface area contributed by atoms with E-state index in [9.17, 15) is 9.59 Å². The lowest BCUT2D eigenvalue weighted by Crippen LogP contribution is -2.71. The molecule has 2 fully saturated rings. The molecular weight excluding hydrogens is 252 g/mol. The number of carbonyl (C=O) groups is 2. The van der Waals surface area contributed by atoms with Crippen molar-refractivity contribution >= 4 is 11.8 Å². The van der Waals surface area contributed by atoms with Crippen LogP contribution in [0.1, 0.15) is 65.7 Å². The Morgan fingerprint density at radius 2 is 1.90 bits per heavy atom. The van der Waals surface area contributed by atoms with Crippen LogP contribution in [0.5, 0.6) is 0 Å². The molecule has 1 aliphatic heterocycles. The van der Waals surface area contributed by atoms with Crippen molar-refractivity contribution < 1.29 is 9.59 Å². The summed E-state index contributed by atoms with van der Waals surface area (Å²) in [6.07, 6.45) is 6.60. The van der Waals surface area contributed by atoms with Crippen molar-refractivity contribution in [3.05, 3.63) is 0 Å². The van der Waals surface area contributed by atoms with Crippen LogP contribution in [0.2, 0.25) is 0 Å². The maximum Gasteiger partial charge on any atom is 0.246 e. The molecule has 0 aromatic rings. The summed E-state index contributed by atoms with van der Waals surface area (Å²) < 4.78 is 0. The second-order valence-corrected chi connectivity index (χ2v) is 6.70. The maximum absolute atomic E-state index is 12.7. The molecular formula is C16H28N2O2. The van der Waals surface area contributed by atoms with E-state index in [-0.39, 0.29) is 17.9 Å². The third kappa shape index (κ3) is 2.70. The van der Waals surface area contributed by atoms with Gasteiger partial charge in [-0.05, 0) is 31.6 Å². The van der Waals surface area contributed by atoms with Crippen molar-refractivity contribution in [2.24, 2.45) is 5.92 Å². The molecule has 2 aliphatic rings. The van der Waals surface area contributed by atoms with Gasteiger partial charge in [0.25, 0.3) is 0 Å². The largest absolute Gasteiger partial charge is 0.342 e. The van der Waals surface area contributed by atoms with Crippen LogP contribution >= 0.6 is 0 Å². The number of amides is 2. The Labute approximate surface area is 122 Å². The van der Waals surface area contributed by atoms with Gasteiger partial charge in [-0.1, -0.05) is 40.0 Å². The quantitative estimate of drug-likeness (QED) is 0.860. The van der Waals surface area contributed by atoms with Crippen LogP contribution in [-0.4, -0.2) is 34.8 Å². The van der Waals surface area contributed by atoms with Crippen LogP contribution in [0.15, 0.2) is 0 Å². The van der Waals surface area contributed by atoms with Gasteiger partial charge in [0.15, 0.2) is 0 Å². The molecule has 4 nitrogen and oxygen atoms in total. The van der Waals surface area contributed by atoms with E-state index in [2.05, 4.69) is 19.2 Å². The van der Waals surface area contributed by atoms with E-state index in [0.717, 1.165) is 38.6 Å². The first-order valence-corrected chi connectivity index (χ1v) is 8.13. The molecule has 1 spiro atoms. The summed E-state index contributed by atoms with van der Waals surface area (Å²) in [4.78, 5) is 27.3. The van der Waals surface area contributed by atoms with Crippen molar-refractivity contribution in [1.82, 2.24) is 10.2 Å². The number of nitrogens with zero attached hydrogens (tertiary/aromatic N) is 1. The minimum absolute atomic E-state index is 0.0902. The molecule has 1 unspecified atom stereocenters. The van der Waals surface area contributed by atoms with E-state index >= 15 is 0 Å². The van der Waals surface area contributed by atoms with E-state index in [1.807, 2.05) is 11.8 Å². The van der Waals surface area contributed by atoms with Crippen LogP contribution < -0.4 is 5.32 Å². The van der Waals surface area contributed by atoms with Crippen LogP contribution in [0, 0.1) is 5.92 Å². The molecule has 114 valence electrons. The summed E-state index contributed by atoms with van der Waals surface area (Å²) in [5.41, 5.74) is -0.546. The molecule has 0 bridgehead atoms. The molecule has 1 aliphatic carbocycles. The average molecular weight is 280 g/mol.